The summed E-state index contributed by atoms with van der Waals surface area (Å²) in [5.41, 5.74) is -0.0788. The number of amides is 1. The van der Waals surface area contributed by atoms with Gasteiger partial charge in [-0.2, -0.15) is 13.2 Å². The first-order chi connectivity index (χ1) is 16.2. The van der Waals surface area contributed by atoms with E-state index in [1.807, 2.05) is 0 Å². The Balaban J connectivity index is 1.81. The Hall–Kier alpha value is -4.35. The fraction of sp³-hybridized carbons (Fsp3) is 0.182. The molecule has 0 unspecified atom stereocenters. The van der Waals surface area contributed by atoms with E-state index < -0.39 is 34.9 Å². The number of pyridine rings is 1. The standard InChI is InChI=1S/C22H18F3N3O6/c1-32-19-7-4-15(9-20(19)33-12-14-3-2-8-26-11-14)27-21(29)17-10-16(34-13-22(23,24)25)5-6-18(17)28(30)31/h2-11H,12-13H2,1H3,(H,27,29). The monoisotopic (exact) mass is 477 g/mol. The summed E-state index contributed by atoms with van der Waals surface area (Å²) in [5, 5.41) is 13.8. The highest BCUT2D eigenvalue weighted by Crippen LogP contribution is 2.32. The minimum absolute atomic E-state index is 0.158. The number of rotatable bonds is 9. The number of methoxy groups -OCH3 is 1. The van der Waals surface area contributed by atoms with E-state index in [4.69, 9.17) is 9.47 Å². The summed E-state index contributed by atoms with van der Waals surface area (Å²) in [6.45, 7) is -1.45. The Labute approximate surface area is 191 Å². The van der Waals surface area contributed by atoms with E-state index in [1.54, 1.807) is 24.5 Å². The van der Waals surface area contributed by atoms with Crippen LogP contribution < -0.4 is 19.5 Å². The van der Waals surface area contributed by atoms with E-state index in [0.717, 1.165) is 23.8 Å². The normalized spacial score (nSPS) is 10.9. The maximum Gasteiger partial charge on any atom is 0.422 e. The second kappa shape index (κ2) is 10.5. The largest absolute Gasteiger partial charge is 0.493 e. The number of nitrogens with one attached hydrogen (secondary N) is 1. The molecule has 0 aliphatic heterocycles. The average Bonchev–Trinajstić information content (AvgIpc) is 2.81. The van der Waals surface area contributed by atoms with Crippen molar-refractivity contribution in [3.8, 4) is 17.2 Å². The summed E-state index contributed by atoms with van der Waals surface area (Å²) >= 11 is 0. The Morgan fingerprint density at radius 2 is 1.91 bits per heavy atom. The molecule has 0 saturated heterocycles. The lowest BCUT2D eigenvalue weighted by molar-refractivity contribution is -0.385. The van der Waals surface area contributed by atoms with Crippen molar-refractivity contribution in [3.05, 3.63) is 82.2 Å². The number of carbonyl (C=O) groups is 1. The molecule has 0 bridgehead atoms. The minimum Gasteiger partial charge on any atom is -0.493 e. The molecule has 1 aromatic heterocycles. The predicted octanol–water partition coefficient (Wildman–Crippen LogP) is 4.77. The van der Waals surface area contributed by atoms with Crippen LogP contribution >= 0.6 is 0 Å². The van der Waals surface area contributed by atoms with E-state index in [9.17, 15) is 28.1 Å². The molecule has 1 amide bonds. The molecule has 0 spiro atoms. The van der Waals surface area contributed by atoms with E-state index in [0.29, 0.717) is 5.75 Å². The van der Waals surface area contributed by atoms with E-state index in [-0.39, 0.29) is 23.8 Å². The lowest BCUT2D eigenvalue weighted by Gasteiger charge is -2.14. The van der Waals surface area contributed by atoms with Crippen LogP contribution in [0.2, 0.25) is 0 Å². The lowest BCUT2D eigenvalue weighted by atomic mass is 10.1. The van der Waals surface area contributed by atoms with Gasteiger partial charge in [0.15, 0.2) is 18.1 Å². The number of hydrogen-bond donors (Lipinski definition) is 1. The number of aromatic nitrogens is 1. The number of anilines is 1. The van der Waals surface area contributed by atoms with E-state index >= 15 is 0 Å². The number of nitro groups is 1. The van der Waals surface area contributed by atoms with Gasteiger partial charge in [0.2, 0.25) is 0 Å². The van der Waals surface area contributed by atoms with Crippen LogP contribution in [0.15, 0.2) is 60.9 Å². The molecule has 34 heavy (non-hydrogen) atoms. The van der Waals surface area contributed by atoms with Gasteiger partial charge in [-0.15, -0.1) is 0 Å². The van der Waals surface area contributed by atoms with Gasteiger partial charge >= 0.3 is 6.18 Å². The summed E-state index contributed by atoms with van der Waals surface area (Å²) < 4.78 is 52.9. The molecule has 2 aromatic carbocycles. The van der Waals surface area contributed by atoms with Crippen molar-refractivity contribution in [3.63, 3.8) is 0 Å². The Morgan fingerprint density at radius 1 is 1.12 bits per heavy atom. The number of alkyl halides is 3. The first-order valence-electron chi connectivity index (χ1n) is 9.65. The highest BCUT2D eigenvalue weighted by Gasteiger charge is 2.29. The van der Waals surface area contributed by atoms with Crippen LogP contribution in [-0.2, 0) is 6.61 Å². The zero-order chi connectivity index (χ0) is 24.7. The molecule has 3 rings (SSSR count). The van der Waals surface area contributed by atoms with Crippen molar-refractivity contribution in [2.45, 2.75) is 12.8 Å². The van der Waals surface area contributed by atoms with Gasteiger partial charge in [-0.3, -0.25) is 19.9 Å². The number of benzene rings is 2. The quantitative estimate of drug-likeness (QED) is 0.349. The summed E-state index contributed by atoms with van der Waals surface area (Å²) in [4.78, 5) is 27.3. The van der Waals surface area contributed by atoms with Crippen molar-refractivity contribution in [2.75, 3.05) is 19.0 Å². The second-order valence-corrected chi connectivity index (χ2v) is 6.81. The highest BCUT2D eigenvalue weighted by atomic mass is 19.4. The number of carbonyl (C=O) groups excluding carboxylic acids is 1. The number of hydrogen-bond acceptors (Lipinski definition) is 7. The second-order valence-electron chi connectivity index (χ2n) is 6.81. The van der Waals surface area contributed by atoms with Gasteiger partial charge in [0.05, 0.1) is 12.0 Å². The molecule has 0 aliphatic rings. The molecular weight excluding hydrogens is 459 g/mol. The van der Waals surface area contributed by atoms with Gasteiger partial charge in [-0.1, -0.05) is 6.07 Å². The summed E-state index contributed by atoms with van der Waals surface area (Å²) in [5.74, 6) is -0.618. The third-order valence-electron chi connectivity index (χ3n) is 4.35. The Kier molecular flexibility index (Phi) is 7.51. The fourth-order valence-electron chi connectivity index (χ4n) is 2.82. The zero-order valence-electron chi connectivity index (χ0n) is 17.7. The van der Waals surface area contributed by atoms with Crippen molar-refractivity contribution in [1.29, 1.82) is 0 Å². The number of nitro benzene ring substituents is 1. The molecule has 0 fully saturated rings. The van der Waals surface area contributed by atoms with E-state index in [1.165, 1.54) is 25.3 Å². The van der Waals surface area contributed by atoms with E-state index in [2.05, 4.69) is 15.0 Å². The van der Waals surface area contributed by atoms with Crippen LogP contribution in [0.4, 0.5) is 24.5 Å². The van der Waals surface area contributed by atoms with Crippen molar-refractivity contribution in [2.24, 2.45) is 0 Å². The Bertz CT molecular complexity index is 1170. The molecule has 0 atom stereocenters. The van der Waals surface area contributed by atoms with Crippen molar-refractivity contribution < 1.29 is 37.1 Å². The van der Waals surface area contributed by atoms with Crippen LogP contribution in [0.3, 0.4) is 0 Å². The number of ether oxygens (including phenoxy) is 3. The first-order valence-corrected chi connectivity index (χ1v) is 9.65. The molecule has 1 heterocycles. The zero-order valence-corrected chi connectivity index (χ0v) is 17.7. The highest BCUT2D eigenvalue weighted by molar-refractivity contribution is 6.07. The van der Waals surface area contributed by atoms with Gasteiger partial charge in [-0.05, 0) is 30.3 Å². The molecule has 12 heteroatoms. The molecule has 178 valence electrons. The number of nitrogens with zero attached hydrogens (tertiary/aromatic N) is 2. The predicted molar refractivity (Wildman–Crippen MR) is 114 cm³/mol. The van der Waals surface area contributed by atoms with Gasteiger partial charge in [0.1, 0.15) is 17.9 Å². The van der Waals surface area contributed by atoms with Crippen LogP contribution in [0.5, 0.6) is 17.2 Å². The number of halogens is 3. The third-order valence-corrected chi connectivity index (χ3v) is 4.35. The smallest absolute Gasteiger partial charge is 0.422 e. The SMILES string of the molecule is COc1ccc(NC(=O)c2cc(OCC(F)(F)F)ccc2[N+](=O)[O-])cc1OCc1cccnc1. The van der Waals surface area contributed by atoms with Crippen LogP contribution in [0.25, 0.3) is 0 Å². The summed E-state index contributed by atoms with van der Waals surface area (Å²) in [6.07, 6.45) is -1.38. The molecule has 0 aliphatic carbocycles. The summed E-state index contributed by atoms with van der Waals surface area (Å²) in [6, 6.07) is 10.8. The van der Waals surface area contributed by atoms with Gasteiger partial charge < -0.3 is 19.5 Å². The lowest BCUT2D eigenvalue weighted by Crippen LogP contribution is -2.20. The van der Waals surface area contributed by atoms with Crippen molar-refractivity contribution in [1.82, 2.24) is 4.98 Å². The molecule has 3 aromatic rings. The topological polar surface area (TPSA) is 113 Å². The molecular formula is C22H18F3N3O6. The van der Waals surface area contributed by atoms with Gasteiger partial charge in [0, 0.05) is 35.8 Å². The fourth-order valence-corrected chi connectivity index (χ4v) is 2.82. The van der Waals surface area contributed by atoms with Crippen molar-refractivity contribution >= 4 is 17.3 Å². The minimum atomic E-state index is -4.61. The van der Waals surface area contributed by atoms with Crippen LogP contribution in [0, 0.1) is 10.1 Å². The van der Waals surface area contributed by atoms with Gasteiger partial charge in [-0.25, -0.2) is 0 Å². The molecule has 9 nitrogen and oxygen atoms in total. The third kappa shape index (κ3) is 6.58. The summed E-state index contributed by atoms with van der Waals surface area (Å²) in [7, 11) is 1.43. The van der Waals surface area contributed by atoms with Crippen LogP contribution in [0.1, 0.15) is 15.9 Å². The molecule has 0 saturated carbocycles. The average molecular weight is 477 g/mol. The maximum atomic E-state index is 12.8. The first kappa shape index (κ1) is 24.3. The van der Waals surface area contributed by atoms with Gasteiger partial charge in [0.25, 0.3) is 11.6 Å². The Morgan fingerprint density at radius 3 is 2.56 bits per heavy atom. The van der Waals surface area contributed by atoms with Crippen LogP contribution in [-0.4, -0.2) is 35.7 Å². The maximum absolute atomic E-state index is 12.8. The molecule has 1 N–H and O–H groups in total. The molecule has 0 radical (unpaired) electrons.